The van der Waals surface area contributed by atoms with Crippen LogP contribution in [0.25, 0.3) is 0 Å². The van der Waals surface area contributed by atoms with Crippen LogP contribution in [0.2, 0.25) is 10.0 Å². The molecule has 0 saturated carbocycles. The summed E-state index contributed by atoms with van der Waals surface area (Å²) in [7, 11) is -3.52. The van der Waals surface area contributed by atoms with Crippen molar-refractivity contribution in [2.75, 3.05) is 17.4 Å². The first-order chi connectivity index (χ1) is 15.9. The van der Waals surface area contributed by atoms with Crippen molar-refractivity contribution in [2.45, 2.75) is 42.0 Å². The number of halogens is 2. The molecule has 0 atom stereocenters. The summed E-state index contributed by atoms with van der Waals surface area (Å²) < 4.78 is 30.0. The maximum atomic E-state index is 13.2. The Morgan fingerprint density at radius 3 is 2.33 bits per heavy atom. The van der Waals surface area contributed by atoms with Crippen molar-refractivity contribution in [3.05, 3.63) is 82.5 Å². The summed E-state index contributed by atoms with van der Waals surface area (Å²) in [6.07, 6.45) is 3.85. The fraction of sp³-hybridized carbons (Fsp3) is 0.292. The van der Waals surface area contributed by atoms with Crippen LogP contribution in [-0.2, 0) is 16.4 Å². The fourth-order valence-electron chi connectivity index (χ4n) is 3.79. The maximum Gasteiger partial charge on any atom is 0.243 e. The van der Waals surface area contributed by atoms with Crippen molar-refractivity contribution in [2.24, 2.45) is 0 Å². The number of hydrogen-bond acceptors (Lipinski definition) is 5. The number of aromatic nitrogens is 1. The molecule has 1 aliphatic heterocycles. The Kier molecular flexibility index (Phi) is 7.87. The van der Waals surface area contributed by atoms with Crippen LogP contribution in [0, 0.1) is 0 Å². The topological polar surface area (TPSA) is 53.5 Å². The van der Waals surface area contributed by atoms with Gasteiger partial charge in [0.1, 0.15) is 5.82 Å². The second kappa shape index (κ2) is 10.7. The molecule has 1 fully saturated rings. The van der Waals surface area contributed by atoms with Gasteiger partial charge in [-0.3, -0.25) is 4.31 Å². The molecule has 9 heteroatoms. The molecule has 33 heavy (non-hydrogen) atoms. The summed E-state index contributed by atoms with van der Waals surface area (Å²) in [6, 6.07) is 18.6. The number of sulfonamides is 1. The summed E-state index contributed by atoms with van der Waals surface area (Å²) in [5.41, 5.74) is 1.12. The number of hydrogen-bond donors (Lipinski definition) is 0. The number of pyridine rings is 1. The molecular weight excluding hydrogens is 497 g/mol. The zero-order chi connectivity index (χ0) is 23.4. The minimum atomic E-state index is -3.52. The van der Waals surface area contributed by atoms with Crippen LogP contribution in [0.5, 0.6) is 0 Å². The van der Waals surface area contributed by atoms with E-state index >= 15 is 0 Å². The van der Waals surface area contributed by atoms with Gasteiger partial charge in [-0.25, -0.2) is 13.4 Å². The molecule has 2 heterocycles. The van der Waals surface area contributed by atoms with Gasteiger partial charge < -0.3 is 0 Å². The predicted molar refractivity (Wildman–Crippen MR) is 137 cm³/mol. The highest BCUT2D eigenvalue weighted by Crippen LogP contribution is 2.37. The molecule has 4 rings (SSSR count). The Morgan fingerprint density at radius 1 is 1.03 bits per heavy atom. The van der Waals surface area contributed by atoms with E-state index in [2.05, 4.69) is 16.2 Å². The van der Waals surface area contributed by atoms with Crippen LogP contribution >= 0.6 is 35.1 Å². The zero-order valence-electron chi connectivity index (χ0n) is 18.2. The molecule has 0 radical (unpaired) electrons. The molecule has 1 aliphatic rings. The third-order valence-electron chi connectivity index (χ3n) is 5.70. The van der Waals surface area contributed by atoms with Gasteiger partial charge in [0.25, 0.3) is 0 Å². The van der Waals surface area contributed by atoms with Gasteiger partial charge in [0.2, 0.25) is 10.0 Å². The van der Waals surface area contributed by atoms with Gasteiger partial charge in [0, 0.05) is 30.2 Å². The van der Waals surface area contributed by atoms with Crippen LogP contribution < -0.4 is 4.31 Å². The third-order valence-corrected chi connectivity index (χ3v) is 9.51. The second-order valence-electron chi connectivity index (χ2n) is 7.81. The van der Waals surface area contributed by atoms with E-state index < -0.39 is 10.0 Å². The molecule has 0 N–H and O–H groups in total. The van der Waals surface area contributed by atoms with E-state index in [9.17, 15) is 8.42 Å². The van der Waals surface area contributed by atoms with E-state index in [1.165, 1.54) is 11.9 Å². The average Bonchev–Trinajstić information content (AvgIpc) is 2.84. The van der Waals surface area contributed by atoms with E-state index in [0.717, 1.165) is 22.7 Å². The minimum absolute atomic E-state index is 0.0915. The van der Waals surface area contributed by atoms with Crippen LogP contribution in [0.1, 0.15) is 25.3 Å². The number of piperidine rings is 1. The number of benzene rings is 2. The molecular formula is C24H25Cl2N3O2S2. The summed E-state index contributed by atoms with van der Waals surface area (Å²) in [5.74, 6) is 0.765. The van der Waals surface area contributed by atoms with Crippen LogP contribution in [-0.4, -0.2) is 36.8 Å². The Labute approximate surface area is 209 Å². The van der Waals surface area contributed by atoms with Gasteiger partial charge in [-0.2, -0.15) is 4.31 Å². The van der Waals surface area contributed by atoms with Crippen LogP contribution in [0.15, 0.2) is 76.7 Å². The van der Waals surface area contributed by atoms with Crippen molar-refractivity contribution >= 4 is 51.0 Å². The molecule has 0 aliphatic carbocycles. The Balaban J connectivity index is 1.52. The number of aryl methyl sites for hydroxylation is 1. The largest absolute Gasteiger partial charge is 0.293 e. The van der Waals surface area contributed by atoms with E-state index in [1.807, 2.05) is 48.5 Å². The molecule has 2 aromatic carbocycles. The Morgan fingerprint density at radius 2 is 1.73 bits per heavy atom. The van der Waals surface area contributed by atoms with Gasteiger partial charge >= 0.3 is 0 Å². The molecule has 1 aromatic heterocycles. The molecule has 0 amide bonds. The lowest BCUT2D eigenvalue weighted by atomic mass is 10.1. The Bertz CT molecular complexity index is 1180. The lowest BCUT2D eigenvalue weighted by Gasteiger charge is -2.37. The lowest BCUT2D eigenvalue weighted by molar-refractivity contribution is 0.322. The van der Waals surface area contributed by atoms with Gasteiger partial charge in [-0.1, -0.05) is 54.4 Å². The molecule has 1 saturated heterocycles. The van der Waals surface area contributed by atoms with Crippen LogP contribution in [0.3, 0.4) is 0 Å². The summed E-state index contributed by atoms with van der Waals surface area (Å²) in [4.78, 5) is 5.78. The highest BCUT2D eigenvalue weighted by molar-refractivity contribution is 8.00. The quantitative estimate of drug-likeness (QED) is 0.340. The van der Waals surface area contributed by atoms with Crippen molar-refractivity contribution in [3.8, 4) is 0 Å². The standard InChI is InChI=1S/C24H25Cl2N3O2S2/c1-2-18-7-10-21(11-8-18)33(30,31)28-15-13-20(14-16-28)29(24-12-9-19(25)17-27-24)32-23-6-4-3-5-22(23)26/h3-12,17,20H,2,13-16H2,1H3. The molecule has 0 unspecified atom stereocenters. The van der Waals surface area contributed by atoms with Crippen molar-refractivity contribution in [3.63, 3.8) is 0 Å². The lowest BCUT2D eigenvalue weighted by Crippen LogP contribution is -2.45. The third kappa shape index (κ3) is 5.66. The summed E-state index contributed by atoms with van der Waals surface area (Å²) in [5, 5.41) is 1.23. The first kappa shape index (κ1) is 24.4. The number of nitrogens with zero attached hydrogens (tertiary/aromatic N) is 3. The fourth-order valence-corrected chi connectivity index (χ4v) is 6.68. The second-order valence-corrected chi connectivity index (χ2v) is 11.6. The first-order valence-electron chi connectivity index (χ1n) is 10.8. The van der Waals surface area contributed by atoms with Crippen LogP contribution in [0.4, 0.5) is 5.82 Å². The Hall–Kier alpha value is -1.77. The molecule has 0 spiro atoms. The smallest absolute Gasteiger partial charge is 0.243 e. The van der Waals surface area contributed by atoms with Gasteiger partial charge in [-0.05, 0) is 73.2 Å². The van der Waals surface area contributed by atoms with Crippen molar-refractivity contribution in [1.82, 2.24) is 9.29 Å². The van der Waals surface area contributed by atoms with Gasteiger partial charge in [0.05, 0.1) is 14.9 Å². The van der Waals surface area contributed by atoms with E-state index in [1.54, 1.807) is 22.6 Å². The molecule has 5 nitrogen and oxygen atoms in total. The molecule has 0 bridgehead atoms. The monoisotopic (exact) mass is 521 g/mol. The van der Waals surface area contributed by atoms with Crippen molar-refractivity contribution in [1.29, 1.82) is 0 Å². The normalized spacial score (nSPS) is 15.5. The molecule has 3 aromatic rings. The SMILES string of the molecule is CCc1ccc(S(=O)(=O)N2CCC(N(Sc3ccccc3Cl)c3ccc(Cl)cn3)CC2)cc1. The maximum absolute atomic E-state index is 13.2. The van der Waals surface area contributed by atoms with E-state index in [4.69, 9.17) is 23.2 Å². The number of anilines is 1. The summed E-state index contributed by atoms with van der Waals surface area (Å²) >= 11 is 14.0. The van der Waals surface area contributed by atoms with Gasteiger partial charge in [-0.15, -0.1) is 0 Å². The minimum Gasteiger partial charge on any atom is -0.293 e. The predicted octanol–water partition coefficient (Wildman–Crippen LogP) is 6.32. The summed E-state index contributed by atoms with van der Waals surface area (Å²) in [6.45, 7) is 2.93. The van der Waals surface area contributed by atoms with E-state index in [-0.39, 0.29) is 6.04 Å². The zero-order valence-corrected chi connectivity index (χ0v) is 21.3. The van der Waals surface area contributed by atoms with Gasteiger partial charge in [0.15, 0.2) is 0 Å². The average molecular weight is 523 g/mol. The number of rotatable bonds is 7. The molecule has 174 valence electrons. The van der Waals surface area contributed by atoms with Crippen molar-refractivity contribution < 1.29 is 8.42 Å². The highest BCUT2D eigenvalue weighted by atomic mass is 35.5. The van der Waals surface area contributed by atoms with E-state index in [0.29, 0.717) is 40.9 Å². The highest BCUT2D eigenvalue weighted by Gasteiger charge is 2.33. The first-order valence-corrected chi connectivity index (χ1v) is 13.8.